The summed E-state index contributed by atoms with van der Waals surface area (Å²) in [7, 11) is 19.4. The molecule has 2 aromatic heterocycles. The molecule has 10 heteroatoms. The molecule has 0 N–H and O–H groups in total. The van der Waals surface area contributed by atoms with Crippen LogP contribution in [0.25, 0.3) is 16.8 Å². The molecular formula is C27H26B3N5O2. The predicted octanol–water partition coefficient (Wildman–Crippen LogP) is 2.96. The van der Waals surface area contributed by atoms with E-state index < -0.39 is 5.30 Å². The fourth-order valence-corrected chi connectivity index (χ4v) is 5.94. The van der Waals surface area contributed by atoms with E-state index in [1.165, 1.54) is 5.56 Å². The molecule has 0 saturated carbocycles. The van der Waals surface area contributed by atoms with E-state index in [9.17, 15) is 0 Å². The Morgan fingerprint density at radius 1 is 1.14 bits per heavy atom. The zero-order chi connectivity index (χ0) is 25.7. The first kappa shape index (κ1) is 24.1. The van der Waals surface area contributed by atoms with Crippen LogP contribution in [0.1, 0.15) is 35.8 Å². The first-order chi connectivity index (χ1) is 17.8. The average Bonchev–Trinajstić information content (AvgIpc) is 3.53. The monoisotopic (exact) mass is 485 g/mol. The normalized spacial score (nSPS) is 20.3. The number of benzene rings is 1. The summed E-state index contributed by atoms with van der Waals surface area (Å²) in [6, 6.07) is 12.8. The zero-order valence-corrected chi connectivity index (χ0v) is 21.0. The van der Waals surface area contributed by atoms with Crippen molar-refractivity contribution < 1.29 is 9.47 Å². The van der Waals surface area contributed by atoms with Gasteiger partial charge in [-0.05, 0) is 48.7 Å². The van der Waals surface area contributed by atoms with E-state index in [0.717, 1.165) is 60.0 Å². The van der Waals surface area contributed by atoms with Crippen LogP contribution in [-0.4, -0.2) is 68.1 Å². The number of hydrogen-bond acceptors (Lipinski definition) is 6. The van der Waals surface area contributed by atoms with Gasteiger partial charge in [0, 0.05) is 37.6 Å². The Kier molecular flexibility index (Phi) is 6.02. The van der Waals surface area contributed by atoms with Crippen molar-refractivity contribution in [3.8, 4) is 11.3 Å². The van der Waals surface area contributed by atoms with Gasteiger partial charge in [0.1, 0.15) is 29.3 Å². The number of rotatable bonds is 6. The van der Waals surface area contributed by atoms with Crippen molar-refractivity contribution in [2.24, 2.45) is 13.0 Å². The molecule has 3 aliphatic rings. The van der Waals surface area contributed by atoms with E-state index in [-0.39, 0.29) is 12.1 Å². The van der Waals surface area contributed by atoms with Crippen molar-refractivity contribution in [1.29, 1.82) is 0 Å². The fraction of sp³-hybridized carbons (Fsp3) is 0.370. The maximum absolute atomic E-state index is 5.84. The third kappa shape index (κ3) is 4.31. The molecule has 2 aliphatic heterocycles. The smallest absolute Gasteiger partial charge is 0.124 e. The van der Waals surface area contributed by atoms with Gasteiger partial charge < -0.3 is 14.4 Å². The number of allylic oxidation sites excluding steroid dienone is 1. The van der Waals surface area contributed by atoms with Gasteiger partial charge in [-0.15, -0.1) is 5.10 Å². The van der Waals surface area contributed by atoms with Crippen molar-refractivity contribution in [3.05, 3.63) is 77.5 Å². The van der Waals surface area contributed by atoms with Crippen molar-refractivity contribution in [2.75, 3.05) is 18.1 Å². The number of hydrogen-bond donors (Lipinski definition) is 0. The lowest BCUT2D eigenvalue weighted by Crippen LogP contribution is -2.39. The number of pyridine rings is 1. The standard InChI is InChI=1S/C27H26B3N5O2/c1-16-25(34(2)33-32-16)19-14-21-24(31-15-19)23-20(8-9-22(23)37-27(28,29)30)35(21)26(17-6-4-3-5-7-17)18-10-12-36-13-11-18/h3-9,14-15,18,20,26H,10-13H2,1-2H3/t20?,26-/m1/s1. The highest BCUT2D eigenvalue weighted by atomic mass is 16.5. The van der Waals surface area contributed by atoms with Crippen molar-refractivity contribution in [3.63, 3.8) is 0 Å². The predicted molar refractivity (Wildman–Crippen MR) is 145 cm³/mol. The van der Waals surface area contributed by atoms with Gasteiger partial charge in [0.2, 0.25) is 0 Å². The largest absolute Gasteiger partial charge is 0.515 e. The van der Waals surface area contributed by atoms with E-state index in [1.807, 2.05) is 26.2 Å². The lowest BCUT2D eigenvalue weighted by atomic mass is 9.52. The maximum atomic E-state index is 5.84. The minimum atomic E-state index is -1.80. The summed E-state index contributed by atoms with van der Waals surface area (Å²) in [5.74, 6) is 0.932. The van der Waals surface area contributed by atoms with E-state index in [2.05, 4.69) is 57.7 Å². The summed E-state index contributed by atoms with van der Waals surface area (Å²) in [4.78, 5) is 7.42. The second kappa shape index (κ2) is 9.24. The summed E-state index contributed by atoms with van der Waals surface area (Å²) in [6.07, 6.45) is 7.82. The van der Waals surface area contributed by atoms with Crippen LogP contribution < -0.4 is 4.90 Å². The molecule has 1 fully saturated rings. The molecule has 0 amide bonds. The molecule has 0 bridgehead atoms. The van der Waals surface area contributed by atoms with Gasteiger partial charge in [-0.1, -0.05) is 41.6 Å². The number of aromatic nitrogens is 4. The van der Waals surface area contributed by atoms with Crippen molar-refractivity contribution in [1.82, 2.24) is 20.0 Å². The molecule has 1 aromatic carbocycles. The van der Waals surface area contributed by atoms with Gasteiger partial charge in [-0.25, -0.2) is 4.68 Å². The summed E-state index contributed by atoms with van der Waals surface area (Å²) in [5.41, 5.74) is 6.74. The fourth-order valence-electron chi connectivity index (χ4n) is 5.94. The third-order valence-electron chi connectivity index (χ3n) is 7.40. The summed E-state index contributed by atoms with van der Waals surface area (Å²) < 4.78 is 13.3. The molecule has 1 unspecified atom stereocenters. The molecule has 7 nitrogen and oxygen atoms in total. The SMILES string of the molecule is [B]C([B])([B])OC1=C2c3ncc(-c4c(C)nnn4C)cc3N([C@H](c3ccccc3)C3CCOCC3)C2C=C1. The first-order valence-corrected chi connectivity index (χ1v) is 12.6. The van der Waals surface area contributed by atoms with Crippen LogP contribution >= 0.6 is 0 Å². The Morgan fingerprint density at radius 2 is 1.89 bits per heavy atom. The molecule has 37 heavy (non-hydrogen) atoms. The van der Waals surface area contributed by atoms with Gasteiger partial charge >= 0.3 is 0 Å². The molecule has 6 radical (unpaired) electrons. The number of ether oxygens (including phenoxy) is 2. The highest BCUT2D eigenvalue weighted by Crippen LogP contribution is 2.52. The molecule has 3 aromatic rings. The minimum Gasteiger partial charge on any atom is -0.515 e. The van der Waals surface area contributed by atoms with Gasteiger partial charge in [-0.2, -0.15) is 0 Å². The van der Waals surface area contributed by atoms with Gasteiger partial charge in [-0.3, -0.25) is 4.98 Å². The molecule has 0 spiro atoms. The maximum Gasteiger partial charge on any atom is 0.124 e. The van der Waals surface area contributed by atoms with Crippen LogP contribution in [0, 0.1) is 12.8 Å². The van der Waals surface area contributed by atoms with Crippen LogP contribution in [0.3, 0.4) is 0 Å². The number of fused-ring (bicyclic) bond motifs is 3. The van der Waals surface area contributed by atoms with E-state index in [0.29, 0.717) is 11.7 Å². The van der Waals surface area contributed by atoms with Crippen LogP contribution in [0.5, 0.6) is 0 Å². The van der Waals surface area contributed by atoms with Gasteiger partial charge in [0.25, 0.3) is 0 Å². The average molecular weight is 485 g/mol. The second-order valence-electron chi connectivity index (χ2n) is 9.99. The molecule has 1 saturated heterocycles. The minimum absolute atomic E-state index is 0.0940. The zero-order valence-electron chi connectivity index (χ0n) is 21.0. The van der Waals surface area contributed by atoms with Crippen molar-refractivity contribution in [2.45, 2.75) is 37.1 Å². The number of anilines is 1. The first-order valence-electron chi connectivity index (χ1n) is 12.6. The van der Waals surface area contributed by atoms with Gasteiger partial charge in [0.05, 0.1) is 34.9 Å². The lowest BCUT2D eigenvalue weighted by Gasteiger charge is -2.41. The van der Waals surface area contributed by atoms with Crippen molar-refractivity contribution >= 4 is 34.8 Å². The lowest BCUT2D eigenvalue weighted by molar-refractivity contribution is 0.0572. The Labute approximate surface area is 221 Å². The van der Waals surface area contributed by atoms with Gasteiger partial charge in [0.15, 0.2) is 0 Å². The van der Waals surface area contributed by atoms with E-state index in [4.69, 9.17) is 38.0 Å². The van der Waals surface area contributed by atoms with Crippen LogP contribution in [-0.2, 0) is 16.5 Å². The van der Waals surface area contributed by atoms with E-state index in [1.54, 1.807) is 4.68 Å². The Balaban J connectivity index is 1.55. The molecule has 2 atom stereocenters. The molecule has 6 rings (SSSR count). The highest BCUT2D eigenvalue weighted by molar-refractivity contribution is 6.58. The number of nitrogens with zero attached hydrogens (tertiary/aromatic N) is 5. The molecule has 180 valence electrons. The third-order valence-corrected chi connectivity index (χ3v) is 7.40. The number of aryl methyl sites for hydroxylation is 2. The Bertz CT molecular complexity index is 1360. The topological polar surface area (TPSA) is 65.3 Å². The van der Waals surface area contributed by atoms with Crippen LogP contribution in [0.4, 0.5) is 5.69 Å². The Hall–Kier alpha value is -3.26. The molecule has 1 aliphatic carbocycles. The van der Waals surface area contributed by atoms with Crippen LogP contribution in [0.2, 0.25) is 0 Å². The Morgan fingerprint density at radius 3 is 2.57 bits per heavy atom. The molecular weight excluding hydrogens is 459 g/mol. The summed E-state index contributed by atoms with van der Waals surface area (Å²) in [5, 5.41) is 6.65. The van der Waals surface area contributed by atoms with Crippen LogP contribution in [0.15, 0.2) is 60.5 Å². The molecule has 4 heterocycles. The second-order valence-corrected chi connectivity index (χ2v) is 9.99. The van der Waals surface area contributed by atoms with E-state index >= 15 is 0 Å². The summed E-state index contributed by atoms with van der Waals surface area (Å²) in [6.45, 7) is 3.46. The summed E-state index contributed by atoms with van der Waals surface area (Å²) >= 11 is 0. The quantitative estimate of drug-likeness (QED) is 0.501. The highest BCUT2D eigenvalue weighted by Gasteiger charge is 2.45.